The number of fused-ring (bicyclic) bond motifs is 1. The van der Waals surface area contributed by atoms with Gasteiger partial charge in [0.2, 0.25) is 5.88 Å². The zero-order valence-corrected chi connectivity index (χ0v) is 9.53. The van der Waals surface area contributed by atoms with Crippen molar-refractivity contribution in [3.63, 3.8) is 0 Å². The minimum Gasteiger partial charge on any atom is -0.486 e. The average Bonchev–Trinajstić information content (AvgIpc) is 2.75. The van der Waals surface area contributed by atoms with Gasteiger partial charge in [-0.3, -0.25) is 0 Å². The highest BCUT2D eigenvalue weighted by atomic mass is 35.5. The van der Waals surface area contributed by atoms with Gasteiger partial charge in [-0.1, -0.05) is 16.8 Å². The van der Waals surface area contributed by atoms with Crippen LogP contribution in [0.2, 0.25) is 5.02 Å². The van der Waals surface area contributed by atoms with E-state index >= 15 is 0 Å². The van der Waals surface area contributed by atoms with Crippen molar-refractivity contribution in [1.82, 2.24) is 5.16 Å². The molecule has 3 rings (SSSR count). The minimum atomic E-state index is 0.203. The fourth-order valence-electron chi connectivity index (χ4n) is 1.78. The smallest absolute Gasteiger partial charge is 0.230 e. The first kappa shape index (κ1) is 10.3. The van der Waals surface area contributed by atoms with Crippen LogP contribution in [0.4, 0.5) is 5.88 Å². The second-order valence-corrected chi connectivity index (χ2v) is 3.96. The van der Waals surface area contributed by atoms with E-state index in [9.17, 15) is 0 Å². The molecule has 2 N–H and O–H groups in total. The zero-order valence-electron chi connectivity index (χ0n) is 8.77. The molecule has 6 heteroatoms. The average molecular weight is 253 g/mol. The van der Waals surface area contributed by atoms with Crippen LogP contribution in [0.3, 0.4) is 0 Å². The Labute approximate surface area is 102 Å². The summed E-state index contributed by atoms with van der Waals surface area (Å²) in [5, 5.41) is 4.15. The number of ether oxygens (including phenoxy) is 2. The van der Waals surface area contributed by atoms with Crippen molar-refractivity contribution in [2.75, 3.05) is 18.9 Å². The van der Waals surface area contributed by atoms with Gasteiger partial charge in [-0.05, 0) is 12.1 Å². The molecular weight excluding hydrogens is 244 g/mol. The molecule has 0 amide bonds. The molecule has 88 valence electrons. The van der Waals surface area contributed by atoms with E-state index < -0.39 is 0 Å². The molecule has 0 radical (unpaired) electrons. The molecule has 17 heavy (non-hydrogen) atoms. The van der Waals surface area contributed by atoms with E-state index in [1.165, 1.54) is 6.20 Å². The third kappa shape index (κ3) is 1.59. The standard InChI is InChI=1S/C11H9ClN2O3/c12-7-1-2-8-10(16-4-3-15-8)9(7)6-5-14-17-11(6)13/h1-2,5H,3-4,13H2. The molecule has 0 atom stereocenters. The normalized spacial score (nSPS) is 13.7. The van der Waals surface area contributed by atoms with Crippen LogP contribution in [0.5, 0.6) is 11.5 Å². The van der Waals surface area contributed by atoms with Crippen LogP contribution >= 0.6 is 11.6 Å². The first-order chi connectivity index (χ1) is 8.27. The van der Waals surface area contributed by atoms with Crippen LogP contribution in [0.1, 0.15) is 0 Å². The van der Waals surface area contributed by atoms with Crippen molar-refractivity contribution in [3.05, 3.63) is 23.4 Å². The summed E-state index contributed by atoms with van der Waals surface area (Å²) in [5.74, 6) is 1.43. The predicted octanol–water partition coefficient (Wildman–Crippen LogP) is 2.35. The molecule has 2 aromatic rings. The summed E-state index contributed by atoms with van der Waals surface area (Å²) in [6.45, 7) is 0.999. The summed E-state index contributed by atoms with van der Waals surface area (Å²) in [5.41, 5.74) is 6.95. The van der Waals surface area contributed by atoms with Crippen LogP contribution in [-0.4, -0.2) is 18.4 Å². The number of nitrogen functional groups attached to an aromatic ring is 1. The van der Waals surface area contributed by atoms with E-state index in [0.29, 0.717) is 40.9 Å². The highest BCUT2D eigenvalue weighted by molar-refractivity contribution is 6.34. The maximum atomic E-state index is 6.16. The Hall–Kier alpha value is -1.88. The number of benzene rings is 1. The first-order valence-corrected chi connectivity index (χ1v) is 5.44. The first-order valence-electron chi connectivity index (χ1n) is 5.06. The van der Waals surface area contributed by atoms with Crippen molar-refractivity contribution >= 4 is 17.5 Å². The van der Waals surface area contributed by atoms with E-state index in [-0.39, 0.29) is 5.88 Å². The summed E-state index contributed by atoms with van der Waals surface area (Å²) >= 11 is 6.16. The lowest BCUT2D eigenvalue weighted by atomic mass is 10.1. The summed E-state index contributed by atoms with van der Waals surface area (Å²) in [7, 11) is 0. The number of anilines is 1. The van der Waals surface area contributed by atoms with Gasteiger partial charge >= 0.3 is 0 Å². The third-order valence-corrected chi connectivity index (χ3v) is 2.84. The summed E-state index contributed by atoms with van der Waals surface area (Å²) in [4.78, 5) is 0. The van der Waals surface area contributed by atoms with Gasteiger partial charge in [0, 0.05) is 0 Å². The van der Waals surface area contributed by atoms with Crippen LogP contribution in [0, 0.1) is 0 Å². The number of nitrogens with two attached hydrogens (primary N) is 1. The molecule has 1 aromatic heterocycles. The molecule has 0 saturated heterocycles. The van der Waals surface area contributed by atoms with E-state index in [0.717, 1.165) is 0 Å². The molecule has 0 unspecified atom stereocenters. The lowest BCUT2D eigenvalue weighted by Crippen LogP contribution is -2.16. The zero-order chi connectivity index (χ0) is 11.8. The lowest BCUT2D eigenvalue weighted by molar-refractivity contribution is 0.172. The molecule has 0 fully saturated rings. The van der Waals surface area contributed by atoms with Gasteiger partial charge in [-0.25, -0.2) is 0 Å². The van der Waals surface area contributed by atoms with Crippen LogP contribution in [0.15, 0.2) is 22.9 Å². The van der Waals surface area contributed by atoms with Gasteiger partial charge in [0.15, 0.2) is 11.5 Å². The van der Waals surface area contributed by atoms with Crippen LogP contribution < -0.4 is 15.2 Å². The topological polar surface area (TPSA) is 70.5 Å². The van der Waals surface area contributed by atoms with Crippen molar-refractivity contribution < 1.29 is 14.0 Å². The second-order valence-electron chi connectivity index (χ2n) is 3.55. The molecule has 5 nitrogen and oxygen atoms in total. The molecule has 2 heterocycles. The van der Waals surface area contributed by atoms with Gasteiger partial charge in [-0.2, -0.15) is 0 Å². The van der Waals surface area contributed by atoms with Crippen molar-refractivity contribution in [2.45, 2.75) is 0 Å². The molecular formula is C11H9ClN2O3. The number of hydrogen-bond donors (Lipinski definition) is 1. The summed E-state index contributed by atoms with van der Waals surface area (Å²) in [6, 6.07) is 3.50. The van der Waals surface area contributed by atoms with Gasteiger partial charge in [0.25, 0.3) is 0 Å². The van der Waals surface area contributed by atoms with Crippen LogP contribution in [0.25, 0.3) is 11.1 Å². The number of rotatable bonds is 1. The van der Waals surface area contributed by atoms with Gasteiger partial charge in [0.1, 0.15) is 13.2 Å². The monoisotopic (exact) mass is 252 g/mol. The van der Waals surface area contributed by atoms with Crippen molar-refractivity contribution in [2.24, 2.45) is 0 Å². The SMILES string of the molecule is Nc1oncc1-c1c(Cl)ccc2c1OCCO2. The number of halogens is 1. The van der Waals surface area contributed by atoms with E-state index in [1.54, 1.807) is 12.1 Å². The number of nitrogens with zero attached hydrogens (tertiary/aromatic N) is 1. The maximum Gasteiger partial charge on any atom is 0.230 e. The van der Waals surface area contributed by atoms with E-state index in [1.807, 2.05) is 0 Å². The summed E-state index contributed by atoms with van der Waals surface area (Å²) < 4.78 is 15.9. The quantitative estimate of drug-likeness (QED) is 0.844. The molecule has 0 saturated carbocycles. The number of hydrogen-bond acceptors (Lipinski definition) is 5. The molecule has 0 spiro atoms. The van der Waals surface area contributed by atoms with Crippen molar-refractivity contribution in [1.29, 1.82) is 0 Å². The van der Waals surface area contributed by atoms with E-state index in [4.69, 9.17) is 31.3 Å². The third-order valence-electron chi connectivity index (χ3n) is 2.53. The van der Waals surface area contributed by atoms with Gasteiger partial charge in [0.05, 0.1) is 22.3 Å². The molecule has 1 aromatic carbocycles. The Bertz CT molecular complexity index is 568. The molecule has 1 aliphatic rings. The predicted molar refractivity (Wildman–Crippen MR) is 62.4 cm³/mol. The Morgan fingerprint density at radius 2 is 2.06 bits per heavy atom. The second kappa shape index (κ2) is 3.85. The Balaban J connectivity index is 2.25. The largest absolute Gasteiger partial charge is 0.486 e. The fourth-order valence-corrected chi connectivity index (χ4v) is 2.03. The Morgan fingerprint density at radius 3 is 2.82 bits per heavy atom. The number of aromatic nitrogens is 1. The highest BCUT2D eigenvalue weighted by Gasteiger charge is 2.22. The highest BCUT2D eigenvalue weighted by Crippen LogP contribution is 2.45. The van der Waals surface area contributed by atoms with Crippen LogP contribution in [-0.2, 0) is 0 Å². The molecule has 1 aliphatic heterocycles. The minimum absolute atomic E-state index is 0.203. The van der Waals surface area contributed by atoms with Gasteiger partial charge < -0.3 is 19.7 Å². The maximum absolute atomic E-state index is 6.16. The Morgan fingerprint density at radius 1 is 1.24 bits per heavy atom. The van der Waals surface area contributed by atoms with Crippen molar-refractivity contribution in [3.8, 4) is 22.6 Å². The molecule has 0 bridgehead atoms. The lowest BCUT2D eigenvalue weighted by Gasteiger charge is -2.21. The molecule has 0 aliphatic carbocycles. The summed E-state index contributed by atoms with van der Waals surface area (Å²) in [6.07, 6.45) is 1.51. The van der Waals surface area contributed by atoms with Gasteiger partial charge in [-0.15, -0.1) is 0 Å². The Kier molecular flexibility index (Phi) is 2.33. The fraction of sp³-hybridized carbons (Fsp3) is 0.182. The van der Waals surface area contributed by atoms with E-state index in [2.05, 4.69) is 5.16 Å².